The van der Waals surface area contributed by atoms with Gasteiger partial charge in [0.2, 0.25) is 28.1 Å². The Balaban J connectivity index is 1.11. The maximum absolute atomic E-state index is 14.2. The number of aliphatic hydroxyl groups is 1. The molecule has 4 aromatic carbocycles. The van der Waals surface area contributed by atoms with Gasteiger partial charge in [0.25, 0.3) is 26.1 Å². The Bertz CT molecular complexity index is 4430. The third-order valence-corrected chi connectivity index (χ3v) is 20.3. The van der Waals surface area contributed by atoms with Crippen molar-refractivity contribution >= 4 is 163 Å². The topological polar surface area (TPSA) is 391 Å². The predicted molar refractivity (Wildman–Crippen MR) is 384 cm³/mol. The minimum absolute atomic E-state index is 0.0267. The summed E-state index contributed by atoms with van der Waals surface area (Å²) in [4.78, 5) is 87.2. The summed E-state index contributed by atoms with van der Waals surface area (Å²) in [5.41, 5.74) is 2.38. The molecular formula is C64H77N17O13S5. The highest BCUT2D eigenvalue weighted by Gasteiger charge is 2.34. The molecule has 3 aromatic heterocycles. The number of methoxy groups -OCH3 is 2. The highest BCUT2D eigenvalue weighted by Crippen LogP contribution is 2.46. The molecule has 35 heteroatoms. The lowest BCUT2D eigenvalue weighted by Gasteiger charge is -2.28. The lowest BCUT2D eigenvalue weighted by atomic mass is 10.0. The number of amides is 2. The molecule has 7 aromatic rings. The average Bonchev–Trinajstić information content (AvgIpc) is 1.60. The number of hydrogen-bond donors (Lipinski definition) is 7. The number of piperidine rings is 2. The molecule has 0 spiro atoms. The van der Waals surface area contributed by atoms with Gasteiger partial charge < -0.3 is 55.4 Å². The first-order chi connectivity index (χ1) is 47.4. The number of Topliss-reactive ketones (excluding diaryl/α,β-unsaturated/α-hetero) is 2. The summed E-state index contributed by atoms with van der Waals surface area (Å²) in [6.45, 7) is 15.1. The van der Waals surface area contributed by atoms with Crippen molar-refractivity contribution in [3.63, 3.8) is 0 Å². The maximum atomic E-state index is 14.2. The Morgan fingerprint density at radius 3 is 1.57 bits per heavy atom. The summed E-state index contributed by atoms with van der Waals surface area (Å²) < 4.78 is 79.2. The third kappa shape index (κ3) is 18.8. The molecule has 0 radical (unpaired) electrons. The van der Waals surface area contributed by atoms with Gasteiger partial charge in [-0.2, -0.15) is 41.8 Å². The Kier molecular flexibility index (Phi) is 25.2. The van der Waals surface area contributed by atoms with Gasteiger partial charge in [-0.15, -0.1) is 20.5 Å². The van der Waals surface area contributed by atoms with Crippen LogP contribution >= 0.6 is 34.4 Å². The molecule has 0 bridgehead atoms. The molecule has 1 atom stereocenters. The zero-order valence-electron chi connectivity index (χ0n) is 55.7. The molecule has 7 N–H and O–H groups in total. The van der Waals surface area contributed by atoms with E-state index in [-0.39, 0.29) is 68.0 Å². The van der Waals surface area contributed by atoms with Crippen LogP contribution in [0.15, 0.2) is 114 Å². The Morgan fingerprint density at radius 2 is 1.11 bits per heavy atom. The van der Waals surface area contributed by atoms with Crippen LogP contribution in [0.4, 0.5) is 79.3 Å². The summed E-state index contributed by atoms with van der Waals surface area (Å²) >= 11 is 3.24. The van der Waals surface area contributed by atoms with E-state index in [1.165, 1.54) is 64.5 Å². The van der Waals surface area contributed by atoms with Gasteiger partial charge in [0.1, 0.15) is 46.2 Å². The fourth-order valence-corrected chi connectivity index (χ4v) is 14.6. The number of carbonyl (C=O) groups excluding carboxylic acids is 4. The molecule has 9 rings (SSSR count). The zero-order chi connectivity index (χ0) is 71.1. The van der Waals surface area contributed by atoms with Gasteiger partial charge in [-0.3, -0.25) is 28.3 Å². The van der Waals surface area contributed by atoms with Crippen LogP contribution in [0.5, 0.6) is 11.5 Å². The number of thiazole rings is 2. The van der Waals surface area contributed by atoms with Crippen LogP contribution in [-0.4, -0.2) is 158 Å². The fourth-order valence-electron chi connectivity index (χ4n) is 11.0. The summed E-state index contributed by atoms with van der Waals surface area (Å²) in [6.07, 6.45) is 6.77. The lowest BCUT2D eigenvalue weighted by molar-refractivity contribution is -0.126. The van der Waals surface area contributed by atoms with Gasteiger partial charge in [0.05, 0.1) is 68.7 Å². The van der Waals surface area contributed by atoms with Crippen LogP contribution in [-0.2, 0) is 39.4 Å². The number of ketones is 2. The average molecular weight is 1450 g/mol. The molecule has 2 saturated heterocycles. The molecule has 99 heavy (non-hydrogen) atoms. The molecule has 2 aliphatic rings. The number of thioether (sulfide) groups is 1. The van der Waals surface area contributed by atoms with Gasteiger partial charge in [-0.25, -0.2) is 0 Å². The first-order valence-electron chi connectivity index (χ1n) is 31.8. The second-order valence-electron chi connectivity index (χ2n) is 22.5. The van der Waals surface area contributed by atoms with E-state index >= 15 is 0 Å². The number of nitrogens with one attached hydrogen (secondary N) is 4. The lowest BCUT2D eigenvalue weighted by Crippen LogP contribution is -2.32. The Labute approximate surface area is 585 Å². The van der Waals surface area contributed by atoms with E-state index in [9.17, 15) is 50.2 Å². The quantitative estimate of drug-likeness (QED) is 0.00530. The largest absolute Gasteiger partial charge is 0.494 e. The number of hydrogen-bond acceptors (Lipinski definition) is 29. The number of benzene rings is 4. The van der Waals surface area contributed by atoms with Crippen molar-refractivity contribution in [3.8, 4) is 11.5 Å². The van der Waals surface area contributed by atoms with Crippen LogP contribution in [0.2, 0.25) is 0 Å². The summed E-state index contributed by atoms with van der Waals surface area (Å²) in [5, 5.41) is 41.3. The molecule has 2 aliphatic heterocycles. The first-order valence-corrected chi connectivity index (χ1v) is 37.3. The number of rotatable bonds is 31. The number of ether oxygens (including phenoxy) is 2. The molecule has 5 heterocycles. The van der Waals surface area contributed by atoms with Crippen molar-refractivity contribution in [2.45, 2.75) is 101 Å². The predicted octanol–water partition coefficient (Wildman–Crippen LogP) is 12.3. The first kappa shape index (κ1) is 74.1. The number of anilines is 10. The van der Waals surface area contributed by atoms with Gasteiger partial charge in [0, 0.05) is 81.6 Å². The molecule has 30 nitrogen and oxygen atoms in total. The highest BCUT2D eigenvalue weighted by molar-refractivity contribution is 7.99. The van der Waals surface area contributed by atoms with Crippen molar-refractivity contribution < 1.29 is 59.7 Å². The number of nitrogens with zero attached hydrogens (tertiary/aromatic N) is 13. The minimum Gasteiger partial charge on any atom is -0.494 e. The van der Waals surface area contributed by atoms with E-state index in [4.69, 9.17) is 44.6 Å². The number of aliphatic hydroxyl groups excluding tert-OH is 1. The monoisotopic (exact) mass is 1450 g/mol. The van der Waals surface area contributed by atoms with Gasteiger partial charge in [-0.05, 0) is 135 Å². The normalized spacial score (nSPS) is 14.1. The van der Waals surface area contributed by atoms with Crippen molar-refractivity contribution in [1.29, 1.82) is 0 Å². The molecule has 2 fully saturated rings. The number of aromatic nitrogens is 5. The minimum atomic E-state index is -4.62. The number of azo groups is 2. The van der Waals surface area contributed by atoms with Crippen LogP contribution in [0.3, 0.4) is 0 Å². The SMILES string of the molecule is CCN(CC)c1cc(Nc2nc(Nc3cc(N(CC)CC)c(OC)cc3/N=N/c3nc(N4CCCCC4)c(C(C(C)=O)C(=O)Nc4cccc(S(=O)(=O)O)c4)s3)nc(SCCO)n2)c(/N=N/c2nc(N3CCCCC3)c(/C=C(\C(C)=O)C(=O)Nc3cccc(S(=O)(=O)O)c3)s2)cc1OC. The maximum Gasteiger partial charge on any atom is 0.294 e. The fraction of sp³-hybridized carbons (Fsp3) is 0.391. The second kappa shape index (κ2) is 33.6. The Morgan fingerprint density at radius 1 is 0.636 bits per heavy atom. The van der Waals surface area contributed by atoms with Crippen LogP contribution in [0.1, 0.15) is 95.7 Å². The van der Waals surface area contributed by atoms with Crippen LogP contribution in [0.25, 0.3) is 6.08 Å². The van der Waals surface area contributed by atoms with Crippen LogP contribution in [0, 0.1) is 0 Å². The van der Waals surface area contributed by atoms with Crippen LogP contribution < -0.4 is 50.3 Å². The molecule has 0 aliphatic carbocycles. The highest BCUT2D eigenvalue weighted by atomic mass is 32.2. The summed E-state index contributed by atoms with van der Waals surface area (Å²) in [5.74, 6) is -2.08. The van der Waals surface area contributed by atoms with Crippen molar-refractivity contribution in [2.75, 3.05) is 120 Å². The van der Waals surface area contributed by atoms with Gasteiger partial charge in [-0.1, -0.05) is 46.6 Å². The van der Waals surface area contributed by atoms with Crippen molar-refractivity contribution in [2.24, 2.45) is 20.5 Å². The van der Waals surface area contributed by atoms with E-state index in [2.05, 4.69) is 46.2 Å². The zero-order valence-corrected chi connectivity index (χ0v) is 59.8. The smallest absolute Gasteiger partial charge is 0.294 e. The molecule has 0 saturated carbocycles. The molecule has 526 valence electrons. The van der Waals surface area contributed by atoms with Crippen molar-refractivity contribution in [1.82, 2.24) is 24.9 Å². The number of carbonyl (C=O) groups is 4. The molecule has 1 unspecified atom stereocenters. The van der Waals surface area contributed by atoms with E-state index in [0.29, 0.717) is 108 Å². The summed E-state index contributed by atoms with van der Waals surface area (Å²) in [6, 6.07) is 17.1. The standard InChI is InChI=1S/C64H77N17O13S5/c1-9-78(10-2)49-34-45(47(36-51(49)93-7)74-76-63-69-56(80-25-15-13-16-26-80)53(96-63)33-44(38(5)83)58(85)65-40-21-19-23-42(31-40)98(87,88)89)67-60-71-61(73-62(72-60)95-30-29-82)68-46-35-50(79(11-3)12-4)52(94-8)37-48(46)75-77-64-70-57(81-27-17-14-18-28-81)55(97-64)54(39(6)84)59(86)66-41-22-20-24-43(32-41)99(90,91)92/h19-24,31-37,54,82H,9-18,25-30H2,1-8H3,(H,65,85)(H,66,86)(H,87,88,89)(H,90,91,92)(H2,67,68,71,72,73)/b44-33+,76-74+,77-75+. The molecular weight excluding hydrogens is 1380 g/mol. The van der Waals surface area contributed by atoms with Gasteiger partial charge >= 0.3 is 0 Å². The van der Waals surface area contributed by atoms with Gasteiger partial charge in [0.15, 0.2) is 10.9 Å². The van der Waals surface area contributed by atoms with E-state index < -0.39 is 59.3 Å². The van der Waals surface area contributed by atoms with Crippen molar-refractivity contribution in [3.05, 3.63) is 88.1 Å². The summed E-state index contributed by atoms with van der Waals surface area (Å²) in [7, 11) is -6.15. The second-order valence-corrected chi connectivity index (χ2v) is 28.4. The van der Waals surface area contributed by atoms with E-state index in [1.807, 2.05) is 44.7 Å². The third-order valence-electron chi connectivity index (χ3n) is 15.9. The van der Waals surface area contributed by atoms with E-state index in [1.54, 1.807) is 12.1 Å². The van der Waals surface area contributed by atoms with E-state index in [0.717, 1.165) is 91.2 Å². The Hall–Kier alpha value is -9.10. The molecule has 2 amide bonds.